The monoisotopic (exact) mass is 425 g/mol. The summed E-state index contributed by atoms with van der Waals surface area (Å²) in [5.41, 5.74) is 2.82. The molecular formula is C24H31N3O4. The number of nitrogens with zero attached hydrogens (tertiary/aromatic N) is 2. The molecule has 2 aromatic rings. The molecule has 0 saturated carbocycles. The van der Waals surface area contributed by atoms with Crippen LogP contribution >= 0.6 is 0 Å². The van der Waals surface area contributed by atoms with Gasteiger partial charge in [-0.15, -0.1) is 0 Å². The number of carbonyl (C=O) groups excluding carboxylic acids is 1. The second kappa shape index (κ2) is 9.58. The highest BCUT2D eigenvalue weighted by Crippen LogP contribution is 2.39. The minimum Gasteiger partial charge on any atom is -0.496 e. The highest BCUT2D eigenvalue weighted by Gasteiger charge is 2.33. The van der Waals surface area contributed by atoms with Gasteiger partial charge in [-0.3, -0.25) is 4.90 Å². The largest absolute Gasteiger partial charge is 0.496 e. The van der Waals surface area contributed by atoms with Crippen LogP contribution in [0.3, 0.4) is 0 Å². The summed E-state index contributed by atoms with van der Waals surface area (Å²) in [4.78, 5) is 17.1. The number of benzene rings is 2. The average Bonchev–Trinajstić information content (AvgIpc) is 2.80. The molecule has 2 N–H and O–H groups in total. The molecule has 31 heavy (non-hydrogen) atoms. The van der Waals surface area contributed by atoms with E-state index in [9.17, 15) is 9.90 Å². The smallest absolute Gasteiger partial charge is 0.318 e. The van der Waals surface area contributed by atoms with Gasteiger partial charge in [-0.2, -0.15) is 0 Å². The van der Waals surface area contributed by atoms with E-state index in [1.165, 1.54) is 5.56 Å². The molecule has 1 fully saturated rings. The number of amides is 2. The van der Waals surface area contributed by atoms with Gasteiger partial charge in [-0.25, -0.2) is 4.79 Å². The van der Waals surface area contributed by atoms with Crippen molar-refractivity contribution in [3.63, 3.8) is 0 Å². The lowest BCUT2D eigenvalue weighted by atomic mass is 9.95. The minimum atomic E-state index is -0.813. The number of ether oxygens (including phenoxy) is 2. The van der Waals surface area contributed by atoms with Gasteiger partial charge in [-0.1, -0.05) is 30.3 Å². The second-order valence-electron chi connectivity index (χ2n) is 8.24. The molecule has 0 radical (unpaired) electrons. The van der Waals surface area contributed by atoms with Gasteiger partial charge in [0.25, 0.3) is 0 Å². The van der Waals surface area contributed by atoms with Gasteiger partial charge in [0, 0.05) is 36.8 Å². The number of rotatable bonds is 5. The fourth-order valence-corrected chi connectivity index (χ4v) is 4.57. The first-order valence-electron chi connectivity index (χ1n) is 10.8. The van der Waals surface area contributed by atoms with Gasteiger partial charge in [0.15, 0.2) is 0 Å². The number of likely N-dealkylation sites (tertiary alicyclic amines) is 1. The van der Waals surface area contributed by atoms with Gasteiger partial charge in [-0.05, 0) is 30.5 Å². The Morgan fingerprint density at radius 2 is 1.74 bits per heavy atom. The number of β-amino-alcohol motifs (C(OH)–C–C–N with tert-alkyl or cyclic N) is 1. The number of aliphatic hydroxyl groups is 1. The lowest BCUT2D eigenvalue weighted by Gasteiger charge is -2.36. The van der Waals surface area contributed by atoms with Crippen molar-refractivity contribution in [1.29, 1.82) is 0 Å². The van der Waals surface area contributed by atoms with Crippen molar-refractivity contribution in [2.75, 3.05) is 33.9 Å². The Kier molecular flexibility index (Phi) is 6.63. The van der Waals surface area contributed by atoms with Crippen LogP contribution in [-0.4, -0.2) is 60.8 Å². The molecule has 7 nitrogen and oxygen atoms in total. The fourth-order valence-electron chi connectivity index (χ4n) is 4.57. The van der Waals surface area contributed by atoms with Gasteiger partial charge < -0.3 is 24.8 Å². The quantitative estimate of drug-likeness (QED) is 0.771. The number of aliphatic hydroxyl groups excluding tert-OH is 1. The summed E-state index contributed by atoms with van der Waals surface area (Å²) < 4.78 is 10.9. The maximum absolute atomic E-state index is 13.0. The number of hydrogen-bond donors (Lipinski definition) is 2. The molecule has 2 aromatic carbocycles. The Balaban J connectivity index is 1.35. The third-order valence-electron chi connectivity index (χ3n) is 6.24. The van der Waals surface area contributed by atoms with Gasteiger partial charge in [0.2, 0.25) is 0 Å². The minimum absolute atomic E-state index is 0.143. The molecule has 4 rings (SSSR count). The number of nitrogens with one attached hydrogen (secondary N) is 1. The summed E-state index contributed by atoms with van der Waals surface area (Å²) in [6.45, 7) is 3.46. The Morgan fingerprint density at radius 3 is 2.42 bits per heavy atom. The van der Waals surface area contributed by atoms with Crippen LogP contribution in [0.25, 0.3) is 0 Å². The van der Waals surface area contributed by atoms with E-state index in [0.29, 0.717) is 23.6 Å². The van der Waals surface area contributed by atoms with Crippen LogP contribution in [0, 0.1) is 0 Å². The second-order valence-corrected chi connectivity index (χ2v) is 8.24. The number of methoxy groups -OCH3 is 2. The van der Waals surface area contributed by atoms with Crippen molar-refractivity contribution in [2.24, 2.45) is 0 Å². The SMILES string of the molecule is COc1ccc(OC)c2c1CN(C(=O)NC1CCN(Cc3ccccc3)CC1)C[C@@H]2O. The van der Waals surface area contributed by atoms with E-state index in [1.807, 2.05) is 12.1 Å². The summed E-state index contributed by atoms with van der Waals surface area (Å²) in [5.74, 6) is 1.27. The van der Waals surface area contributed by atoms with E-state index in [0.717, 1.165) is 38.0 Å². The molecule has 0 aliphatic carbocycles. The lowest BCUT2D eigenvalue weighted by molar-refractivity contribution is 0.0972. The Labute approximate surface area is 183 Å². The Morgan fingerprint density at radius 1 is 1.06 bits per heavy atom. The van der Waals surface area contributed by atoms with E-state index in [-0.39, 0.29) is 18.6 Å². The third-order valence-corrected chi connectivity index (χ3v) is 6.24. The molecule has 1 atom stereocenters. The molecule has 166 valence electrons. The van der Waals surface area contributed by atoms with E-state index >= 15 is 0 Å². The zero-order valence-corrected chi connectivity index (χ0v) is 18.2. The molecule has 0 unspecified atom stereocenters. The van der Waals surface area contributed by atoms with E-state index < -0.39 is 6.10 Å². The maximum atomic E-state index is 13.0. The van der Waals surface area contributed by atoms with E-state index in [2.05, 4.69) is 34.5 Å². The zero-order valence-electron chi connectivity index (χ0n) is 18.2. The van der Waals surface area contributed by atoms with E-state index in [1.54, 1.807) is 25.2 Å². The average molecular weight is 426 g/mol. The first kappa shape index (κ1) is 21.5. The summed E-state index contributed by atoms with van der Waals surface area (Å²) in [6, 6.07) is 14.1. The zero-order chi connectivity index (χ0) is 21.8. The van der Waals surface area contributed by atoms with Crippen molar-refractivity contribution in [1.82, 2.24) is 15.1 Å². The van der Waals surface area contributed by atoms with Crippen molar-refractivity contribution in [3.8, 4) is 11.5 Å². The molecule has 7 heteroatoms. The molecule has 1 saturated heterocycles. The van der Waals surface area contributed by atoms with Crippen LogP contribution in [0.4, 0.5) is 4.79 Å². The number of piperidine rings is 1. The first-order chi connectivity index (χ1) is 15.1. The molecule has 2 amide bonds. The van der Waals surface area contributed by atoms with Crippen LogP contribution in [0.1, 0.15) is 35.6 Å². The number of hydrogen-bond acceptors (Lipinski definition) is 5. The summed E-state index contributed by atoms with van der Waals surface area (Å²) in [7, 11) is 3.18. The van der Waals surface area contributed by atoms with E-state index in [4.69, 9.17) is 9.47 Å². The highest BCUT2D eigenvalue weighted by molar-refractivity contribution is 5.75. The van der Waals surface area contributed by atoms with Gasteiger partial charge in [0.1, 0.15) is 17.6 Å². The van der Waals surface area contributed by atoms with Crippen LogP contribution < -0.4 is 14.8 Å². The maximum Gasteiger partial charge on any atom is 0.318 e. The molecule has 2 heterocycles. The highest BCUT2D eigenvalue weighted by atomic mass is 16.5. The van der Waals surface area contributed by atoms with Crippen LogP contribution in [0.15, 0.2) is 42.5 Å². The summed E-state index contributed by atoms with van der Waals surface area (Å²) >= 11 is 0. The topological polar surface area (TPSA) is 74.3 Å². The third kappa shape index (κ3) is 4.78. The van der Waals surface area contributed by atoms with Crippen molar-refractivity contribution in [2.45, 2.75) is 38.1 Å². The fraction of sp³-hybridized carbons (Fsp3) is 0.458. The molecular weight excluding hydrogens is 394 g/mol. The number of fused-ring (bicyclic) bond motifs is 1. The molecule has 0 spiro atoms. The molecule has 0 aromatic heterocycles. The Hall–Kier alpha value is -2.77. The van der Waals surface area contributed by atoms with Crippen molar-refractivity contribution in [3.05, 3.63) is 59.2 Å². The van der Waals surface area contributed by atoms with Crippen LogP contribution in [0.2, 0.25) is 0 Å². The summed E-state index contributed by atoms with van der Waals surface area (Å²) in [5, 5.41) is 13.9. The van der Waals surface area contributed by atoms with Gasteiger partial charge >= 0.3 is 6.03 Å². The standard InChI is InChI=1S/C24H31N3O4/c1-30-21-8-9-22(31-2)23-19(21)15-27(16-20(23)28)24(29)25-18-10-12-26(13-11-18)14-17-6-4-3-5-7-17/h3-9,18,20,28H,10-16H2,1-2H3,(H,25,29)/t20-/m0/s1. The first-order valence-corrected chi connectivity index (χ1v) is 10.8. The molecule has 2 aliphatic heterocycles. The normalized spacial score (nSPS) is 19.6. The number of urea groups is 1. The summed E-state index contributed by atoms with van der Waals surface area (Å²) in [6.07, 6.45) is 1.03. The Bertz CT molecular complexity index is 897. The van der Waals surface area contributed by atoms with Gasteiger partial charge in [0.05, 0.1) is 27.3 Å². The molecule has 0 bridgehead atoms. The number of carbonyl (C=O) groups is 1. The van der Waals surface area contributed by atoms with Crippen LogP contribution in [-0.2, 0) is 13.1 Å². The van der Waals surface area contributed by atoms with Crippen LogP contribution in [0.5, 0.6) is 11.5 Å². The predicted octanol–water partition coefficient (Wildman–Crippen LogP) is 2.93. The molecule has 2 aliphatic rings. The van der Waals surface area contributed by atoms with Crippen molar-refractivity contribution < 1.29 is 19.4 Å². The van der Waals surface area contributed by atoms with Crippen molar-refractivity contribution >= 4 is 6.03 Å². The lowest BCUT2D eigenvalue weighted by Crippen LogP contribution is -2.50. The predicted molar refractivity (Wildman–Crippen MR) is 118 cm³/mol.